The van der Waals surface area contributed by atoms with E-state index in [0.29, 0.717) is 25.2 Å². The summed E-state index contributed by atoms with van der Waals surface area (Å²) in [6, 6.07) is 13.5. The van der Waals surface area contributed by atoms with Crippen molar-refractivity contribution in [2.45, 2.75) is 49.8 Å². The van der Waals surface area contributed by atoms with Gasteiger partial charge in [-0.25, -0.2) is 18.2 Å². The van der Waals surface area contributed by atoms with E-state index in [-0.39, 0.29) is 36.4 Å². The fraction of sp³-hybridized carbons (Fsp3) is 0.533. The van der Waals surface area contributed by atoms with E-state index in [4.69, 9.17) is 9.47 Å². The number of carbonyl (C=O) groups is 1. The zero-order valence-electron chi connectivity index (χ0n) is 25.2. The molecule has 1 aliphatic heterocycles. The number of hydrogen-bond donors (Lipinski definition) is 3. The molecular weight excluding hydrogens is 590 g/mol. The minimum Gasteiger partial charge on any atom is -0.444 e. The number of alkyl carbamates (subject to hydrolysis) is 1. The molecule has 236 valence electrons. The summed E-state index contributed by atoms with van der Waals surface area (Å²) >= 11 is 1.40. The van der Waals surface area contributed by atoms with Crippen LogP contribution in [0, 0.1) is 5.92 Å². The third-order valence-corrected chi connectivity index (χ3v) is 9.93. The number of aromatic nitrogens is 1. The molecule has 0 spiro atoms. The fourth-order valence-corrected chi connectivity index (χ4v) is 7.69. The Morgan fingerprint density at radius 3 is 2.65 bits per heavy atom. The molecule has 11 nitrogen and oxygen atoms in total. The monoisotopic (exact) mass is 633 g/mol. The maximum Gasteiger partial charge on any atom is 0.407 e. The highest BCUT2D eigenvalue weighted by Gasteiger charge is 2.37. The lowest BCUT2D eigenvalue weighted by molar-refractivity contribution is 0.0649. The van der Waals surface area contributed by atoms with Crippen LogP contribution in [-0.4, -0.2) is 106 Å². The molecule has 4 rings (SSSR count). The second-order valence-corrected chi connectivity index (χ2v) is 14.4. The summed E-state index contributed by atoms with van der Waals surface area (Å²) in [6.45, 7) is 6.30. The van der Waals surface area contributed by atoms with Crippen molar-refractivity contribution in [3.8, 4) is 0 Å². The number of hydrogen-bond acceptors (Lipinski definition) is 10. The third kappa shape index (κ3) is 9.34. The number of sulfonamides is 1. The van der Waals surface area contributed by atoms with Crippen LogP contribution in [0.1, 0.15) is 25.8 Å². The van der Waals surface area contributed by atoms with E-state index in [1.807, 2.05) is 58.3 Å². The first-order chi connectivity index (χ1) is 20.5. The van der Waals surface area contributed by atoms with Crippen LogP contribution < -0.4 is 10.6 Å². The van der Waals surface area contributed by atoms with Gasteiger partial charge in [0.05, 0.1) is 40.5 Å². The van der Waals surface area contributed by atoms with E-state index in [0.717, 1.165) is 28.5 Å². The molecule has 3 unspecified atom stereocenters. The van der Waals surface area contributed by atoms with Gasteiger partial charge in [0, 0.05) is 32.6 Å². The van der Waals surface area contributed by atoms with Crippen molar-refractivity contribution in [3.05, 3.63) is 54.1 Å². The Bertz CT molecular complexity index is 1430. The van der Waals surface area contributed by atoms with Gasteiger partial charge in [-0.05, 0) is 50.2 Å². The van der Waals surface area contributed by atoms with Crippen LogP contribution >= 0.6 is 11.3 Å². The van der Waals surface area contributed by atoms with E-state index in [1.54, 1.807) is 18.2 Å². The van der Waals surface area contributed by atoms with Gasteiger partial charge in [0.25, 0.3) is 0 Å². The number of carbonyl (C=O) groups excluding carboxylic acids is 1. The molecule has 0 bridgehead atoms. The minimum absolute atomic E-state index is 0.0276. The number of thiazole rings is 1. The fourth-order valence-electron chi connectivity index (χ4n) is 4.84. The number of anilines is 1. The number of nitrogens with zero attached hydrogens (tertiary/aromatic N) is 3. The van der Waals surface area contributed by atoms with Gasteiger partial charge in [0.2, 0.25) is 10.0 Å². The zero-order valence-corrected chi connectivity index (χ0v) is 26.9. The van der Waals surface area contributed by atoms with E-state index in [2.05, 4.69) is 20.5 Å². The van der Waals surface area contributed by atoms with Gasteiger partial charge in [-0.2, -0.15) is 4.31 Å². The van der Waals surface area contributed by atoms with Crippen LogP contribution in [-0.2, 0) is 25.9 Å². The van der Waals surface area contributed by atoms with Crippen molar-refractivity contribution in [1.82, 2.24) is 19.5 Å². The van der Waals surface area contributed by atoms with Crippen molar-refractivity contribution in [2.24, 2.45) is 5.92 Å². The number of fused-ring (bicyclic) bond motifs is 1. The first kappa shape index (κ1) is 33.1. The second kappa shape index (κ2) is 15.3. The standard InChI is InChI=1S/C30H43N5O6S2/c1-21(2)19-35(43(38,39)24-10-11-25-28(17-24)42-29(33-25)31-13-14-34(3)4)26(16-22-8-6-5-7-9-22)27(36)18-32-30(37)41-23-12-15-40-20-23/h5-11,17,21,23,26-27,36H,12-16,18-20H2,1-4H3,(H,31,33)(H,32,37). The maximum absolute atomic E-state index is 14.3. The van der Waals surface area contributed by atoms with Crippen LogP contribution in [0.5, 0.6) is 0 Å². The van der Waals surface area contributed by atoms with Crippen molar-refractivity contribution < 1.29 is 27.8 Å². The predicted molar refractivity (Wildman–Crippen MR) is 169 cm³/mol. The van der Waals surface area contributed by atoms with Crippen LogP contribution in [0.15, 0.2) is 53.4 Å². The molecule has 2 aromatic carbocycles. The first-order valence-electron chi connectivity index (χ1n) is 14.6. The Hall–Kier alpha value is -2.81. The summed E-state index contributed by atoms with van der Waals surface area (Å²) in [7, 11) is -0.0720. The Kier molecular flexibility index (Phi) is 11.7. The highest BCUT2D eigenvalue weighted by Crippen LogP contribution is 2.31. The Morgan fingerprint density at radius 2 is 1.98 bits per heavy atom. The molecule has 1 saturated heterocycles. The summed E-state index contributed by atoms with van der Waals surface area (Å²) in [5, 5.41) is 18.1. The number of aliphatic hydroxyl groups excluding tert-OH is 1. The van der Waals surface area contributed by atoms with Crippen LogP contribution in [0.4, 0.5) is 9.93 Å². The number of rotatable bonds is 15. The Balaban J connectivity index is 1.60. The Labute approximate surface area is 258 Å². The van der Waals surface area contributed by atoms with Crippen LogP contribution in [0.25, 0.3) is 10.2 Å². The van der Waals surface area contributed by atoms with Crippen molar-refractivity contribution >= 4 is 42.8 Å². The van der Waals surface area contributed by atoms with Gasteiger partial charge in [0.15, 0.2) is 5.13 Å². The summed E-state index contributed by atoms with van der Waals surface area (Å²) in [6.07, 6.45) is -1.34. The topological polar surface area (TPSA) is 133 Å². The van der Waals surface area contributed by atoms with E-state index in [1.165, 1.54) is 15.6 Å². The van der Waals surface area contributed by atoms with Crippen molar-refractivity contribution in [1.29, 1.82) is 0 Å². The lowest BCUT2D eigenvalue weighted by Crippen LogP contribution is -2.53. The van der Waals surface area contributed by atoms with Crippen molar-refractivity contribution in [3.63, 3.8) is 0 Å². The molecule has 1 aliphatic rings. The summed E-state index contributed by atoms with van der Waals surface area (Å²) in [5.74, 6) is -0.0276. The molecule has 3 atom stereocenters. The molecule has 1 amide bonds. The smallest absolute Gasteiger partial charge is 0.407 e. The summed E-state index contributed by atoms with van der Waals surface area (Å²) in [4.78, 5) is 19.2. The molecule has 13 heteroatoms. The highest BCUT2D eigenvalue weighted by atomic mass is 32.2. The average Bonchev–Trinajstić information content (AvgIpc) is 3.63. The van der Waals surface area contributed by atoms with Crippen LogP contribution in [0.3, 0.4) is 0 Å². The number of nitrogens with one attached hydrogen (secondary N) is 2. The highest BCUT2D eigenvalue weighted by molar-refractivity contribution is 7.89. The lowest BCUT2D eigenvalue weighted by atomic mass is 10.0. The molecule has 3 aromatic rings. The number of amides is 1. The number of ether oxygens (including phenoxy) is 2. The SMILES string of the molecule is CC(C)CN(C(Cc1ccccc1)C(O)CNC(=O)OC1CCOC1)S(=O)(=O)c1ccc2nc(NCCN(C)C)sc2c1. The van der Waals surface area contributed by atoms with Gasteiger partial charge in [-0.1, -0.05) is 55.5 Å². The lowest BCUT2D eigenvalue weighted by Gasteiger charge is -2.35. The minimum atomic E-state index is -4.06. The molecule has 0 saturated carbocycles. The molecule has 0 radical (unpaired) electrons. The normalized spacial score (nSPS) is 17.1. The van der Waals surface area contributed by atoms with E-state index < -0.39 is 28.3 Å². The van der Waals surface area contributed by atoms with E-state index >= 15 is 0 Å². The number of likely N-dealkylation sites (N-methyl/N-ethyl adjacent to an activating group) is 1. The average molecular weight is 634 g/mol. The molecule has 1 aromatic heterocycles. The molecular formula is C30H43N5O6S2. The second-order valence-electron chi connectivity index (χ2n) is 11.4. The molecule has 1 fully saturated rings. The summed E-state index contributed by atoms with van der Waals surface area (Å²) < 4.78 is 41.4. The summed E-state index contributed by atoms with van der Waals surface area (Å²) in [5.41, 5.74) is 1.58. The van der Waals surface area contributed by atoms with Crippen LogP contribution in [0.2, 0.25) is 0 Å². The quantitative estimate of drug-likeness (QED) is 0.230. The van der Waals surface area contributed by atoms with Gasteiger partial charge in [0.1, 0.15) is 6.10 Å². The number of aliphatic hydroxyl groups is 1. The molecule has 3 N–H and O–H groups in total. The molecule has 0 aliphatic carbocycles. The maximum atomic E-state index is 14.3. The number of benzene rings is 2. The van der Waals surface area contributed by atoms with Gasteiger partial charge in [-0.3, -0.25) is 0 Å². The molecule has 2 heterocycles. The first-order valence-corrected chi connectivity index (χ1v) is 16.8. The zero-order chi connectivity index (χ0) is 31.0. The third-order valence-electron chi connectivity index (χ3n) is 7.07. The Morgan fingerprint density at radius 1 is 1.21 bits per heavy atom. The van der Waals surface area contributed by atoms with Gasteiger partial charge >= 0.3 is 6.09 Å². The van der Waals surface area contributed by atoms with E-state index in [9.17, 15) is 18.3 Å². The largest absolute Gasteiger partial charge is 0.444 e. The van der Waals surface area contributed by atoms with Crippen molar-refractivity contribution in [2.75, 3.05) is 58.8 Å². The predicted octanol–water partition coefficient (Wildman–Crippen LogP) is 3.40. The molecule has 43 heavy (non-hydrogen) atoms. The van der Waals surface area contributed by atoms with Gasteiger partial charge in [-0.15, -0.1) is 0 Å². The van der Waals surface area contributed by atoms with Gasteiger partial charge < -0.3 is 30.1 Å².